The number of carbonyl (C=O) groups is 1. The maximum atomic E-state index is 12.2. The van der Waals surface area contributed by atoms with Gasteiger partial charge in [0, 0.05) is 15.6 Å². The van der Waals surface area contributed by atoms with E-state index >= 15 is 0 Å². The lowest BCUT2D eigenvalue weighted by molar-refractivity contribution is 0.0955. The molecule has 1 amide bonds. The number of hydrogen-bond acceptors (Lipinski definition) is 4. The summed E-state index contributed by atoms with van der Waals surface area (Å²) in [5.41, 5.74) is 3.46. The number of unbranched alkanes of at least 4 members (excludes halogenated alkanes) is 7. The first-order valence-corrected chi connectivity index (χ1v) is 11.4. The van der Waals surface area contributed by atoms with Crippen molar-refractivity contribution in [3.63, 3.8) is 0 Å². The molecule has 0 fully saturated rings. The second-order valence-corrected chi connectivity index (χ2v) is 8.17. The zero-order chi connectivity index (χ0) is 21.6. The summed E-state index contributed by atoms with van der Waals surface area (Å²) in [6.45, 7) is 2.93. The molecule has 6 heteroatoms. The van der Waals surface area contributed by atoms with Crippen LogP contribution in [-0.2, 0) is 0 Å². The molecule has 0 heterocycles. The number of phenolic OH excluding ortho intramolecular Hbond substituents is 1. The first-order chi connectivity index (χ1) is 14.6. The molecule has 0 bridgehead atoms. The van der Waals surface area contributed by atoms with Crippen molar-refractivity contribution in [2.75, 3.05) is 6.61 Å². The number of halogens is 1. The van der Waals surface area contributed by atoms with Gasteiger partial charge in [-0.15, -0.1) is 0 Å². The minimum Gasteiger partial charge on any atom is -0.507 e. The number of rotatable bonds is 13. The molecule has 5 nitrogen and oxygen atoms in total. The average Bonchev–Trinajstić information content (AvgIpc) is 2.75. The lowest BCUT2D eigenvalue weighted by Crippen LogP contribution is -2.17. The molecule has 0 radical (unpaired) electrons. The zero-order valence-electron chi connectivity index (χ0n) is 17.6. The van der Waals surface area contributed by atoms with Crippen LogP contribution < -0.4 is 10.2 Å². The van der Waals surface area contributed by atoms with Crippen molar-refractivity contribution >= 4 is 28.1 Å². The van der Waals surface area contributed by atoms with Crippen LogP contribution in [0.4, 0.5) is 0 Å². The van der Waals surface area contributed by atoms with E-state index in [1.807, 2.05) is 0 Å². The predicted octanol–water partition coefficient (Wildman–Crippen LogP) is 6.44. The van der Waals surface area contributed by atoms with Crippen LogP contribution >= 0.6 is 15.9 Å². The van der Waals surface area contributed by atoms with E-state index in [1.165, 1.54) is 51.2 Å². The minimum atomic E-state index is -0.324. The molecule has 0 aromatic heterocycles. The molecule has 2 aromatic rings. The molecule has 30 heavy (non-hydrogen) atoms. The van der Waals surface area contributed by atoms with Crippen LogP contribution in [0.3, 0.4) is 0 Å². The Labute approximate surface area is 187 Å². The highest BCUT2D eigenvalue weighted by Gasteiger charge is 2.05. The van der Waals surface area contributed by atoms with E-state index in [4.69, 9.17) is 4.74 Å². The van der Waals surface area contributed by atoms with Gasteiger partial charge in [0.2, 0.25) is 0 Å². The highest BCUT2D eigenvalue weighted by atomic mass is 79.9. The molecule has 0 aliphatic rings. The zero-order valence-corrected chi connectivity index (χ0v) is 19.2. The fourth-order valence-electron chi connectivity index (χ4n) is 2.98. The van der Waals surface area contributed by atoms with Gasteiger partial charge >= 0.3 is 0 Å². The highest BCUT2D eigenvalue weighted by molar-refractivity contribution is 9.10. The van der Waals surface area contributed by atoms with Gasteiger partial charge in [-0.1, -0.05) is 67.8 Å². The van der Waals surface area contributed by atoms with Crippen LogP contribution in [0.2, 0.25) is 0 Å². The van der Waals surface area contributed by atoms with Crippen molar-refractivity contribution in [2.24, 2.45) is 5.10 Å². The van der Waals surface area contributed by atoms with Gasteiger partial charge in [0.25, 0.3) is 5.91 Å². The van der Waals surface area contributed by atoms with E-state index in [-0.39, 0.29) is 11.7 Å². The lowest BCUT2D eigenvalue weighted by Gasteiger charge is -2.07. The van der Waals surface area contributed by atoms with Crippen molar-refractivity contribution in [1.82, 2.24) is 5.43 Å². The average molecular weight is 475 g/mol. The number of nitrogens with one attached hydrogen (secondary N) is 1. The van der Waals surface area contributed by atoms with E-state index in [9.17, 15) is 9.90 Å². The Morgan fingerprint density at radius 1 is 1.03 bits per heavy atom. The molecule has 2 N–H and O–H groups in total. The summed E-state index contributed by atoms with van der Waals surface area (Å²) in [5.74, 6) is 0.529. The van der Waals surface area contributed by atoms with Crippen molar-refractivity contribution in [2.45, 2.75) is 58.3 Å². The van der Waals surface area contributed by atoms with Crippen LogP contribution in [-0.4, -0.2) is 23.8 Å². The Morgan fingerprint density at radius 2 is 1.70 bits per heavy atom. The number of benzene rings is 2. The number of carbonyl (C=O) groups excluding carboxylic acids is 1. The summed E-state index contributed by atoms with van der Waals surface area (Å²) in [6.07, 6.45) is 11.6. The highest BCUT2D eigenvalue weighted by Crippen LogP contribution is 2.20. The van der Waals surface area contributed by atoms with Crippen LogP contribution in [0.15, 0.2) is 52.0 Å². The fourth-order valence-corrected chi connectivity index (χ4v) is 3.36. The quantitative estimate of drug-likeness (QED) is 0.199. The summed E-state index contributed by atoms with van der Waals surface area (Å²) >= 11 is 3.33. The third-order valence-electron chi connectivity index (χ3n) is 4.74. The van der Waals surface area contributed by atoms with Crippen LogP contribution in [0.25, 0.3) is 0 Å². The van der Waals surface area contributed by atoms with Gasteiger partial charge in [0.1, 0.15) is 11.5 Å². The molecular formula is C24H31BrN2O3. The Bertz CT molecular complexity index is 807. The second kappa shape index (κ2) is 13.8. The van der Waals surface area contributed by atoms with Crippen LogP contribution in [0.1, 0.15) is 74.2 Å². The van der Waals surface area contributed by atoms with E-state index in [0.29, 0.717) is 17.7 Å². The monoisotopic (exact) mass is 474 g/mol. The molecule has 0 unspecified atom stereocenters. The van der Waals surface area contributed by atoms with E-state index < -0.39 is 0 Å². The first-order valence-electron chi connectivity index (χ1n) is 10.6. The molecule has 2 rings (SSSR count). The molecule has 0 atom stereocenters. The number of ether oxygens (including phenoxy) is 1. The largest absolute Gasteiger partial charge is 0.507 e. The van der Waals surface area contributed by atoms with Gasteiger partial charge in [0.05, 0.1) is 12.8 Å². The molecule has 0 aliphatic carbocycles. The van der Waals surface area contributed by atoms with Gasteiger partial charge in [-0.3, -0.25) is 4.79 Å². The summed E-state index contributed by atoms with van der Waals surface area (Å²) in [6, 6.07) is 12.0. The number of phenols is 1. The standard InChI is InChI=1S/C24H31BrN2O3/c1-2-3-4-5-6-7-8-9-16-30-22-13-10-19(11-14-22)24(29)27-26-18-20-17-21(25)12-15-23(20)28/h10-15,17-18,28H,2-9,16H2,1H3,(H,27,29)/b26-18+. The molecule has 0 saturated carbocycles. The lowest BCUT2D eigenvalue weighted by atomic mass is 10.1. The molecule has 2 aromatic carbocycles. The van der Waals surface area contributed by atoms with Gasteiger partial charge in [-0.25, -0.2) is 5.43 Å². The summed E-state index contributed by atoms with van der Waals surface area (Å²) in [5, 5.41) is 13.7. The summed E-state index contributed by atoms with van der Waals surface area (Å²) < 4.78 is 6.57. The fraction of sp³-hybridized carbons (Fsp3) is 0.417. The predicted molar refractivity (Wildman–Crippen MR) is 125 cm³/mol. The Hall–Kier alpha value is -2.34. The normalized spacial score (nSPS) is 11.0. The topological polar surface area (TPSA) is 70.9 Å². The number of nitrogens with zero attached hydrogens (tertiary/aromatic N) is 1. The summed E-state index contributed by atoms with van der Waals surface area (Å²) in [4.78, 5) is 12.2. The number of amides is 1. The van der Waals surface area contributed by atoms with Crippen molar-refractivity contribution in [3.8, 4) is 11.5 Å². The summed E-state index contributed by atoms with van der Waals surface area (Å²) in [7, 11) is 0. The SMILES string of the molecule is CCCCCCCCCCOc1ccc(C(=O)N/N=C/c2cc(Br)ccc2O)cc1. The minimum absolute atomic E-state index is 0.0918. The van der Waals surface area contributed by atoms with E-state index in [2.05, 4.69) is 33.4 Å². The van der Waals surface area contributed by atoms with Crippen molar-refractivity contribution in [3.05, 3.63) is 58.1 Å². The Kier molecular flexibility index (Phi) is 11.0. The number of hydrazone groups is 1. The third kappa shape index (κ3) is 8.99. The van der Waals surface area contributed by atoms with Gasteiger partial charge < -0.3 is 9.84 Å². The Morgan fingerprint density at radius 3 is 2.40 bits per heavy atom. The number of hydrogen-bond donors (Lipinski definition) is 2. The van der Waals surface area contributed by atoms with Crippen molar-refractivity contribution in [1.29, 1.82) is 0 Å². The van der Waals surface area contributed by atoms with E-state index in [0.717, 1.165) is 16.6 Å². The van der Waals surface area contributed by atoms with Gasteiger partial charge in [-0.05, 0) is 48.9 Å². The molecule has 162 valence electrons. The Balaban J connectivity index is 1.67. The van der Waals surface area contributed by atoms with Crippen molar-refractivity contribution < 1.29 is 14.6 Å². The molecule has 0 saturated heterocycles. The van der Waals surface area contributed by atoms with Gasteiger partial charge in [-0.2, -0.15) is 5.10 Å². The number of aromatic hydroxyl groups is 1. The molecular weight excluding hydrogens is 444 g/mol. The second-order valence-electron chi connectivity index (χ2n) is 7.25. The first kappa shape index (κ1) is 23.9. The molecule has 0 aliphatic heterocycles. The molecule has 0 spiro atoms. The van der Waals surface area contributed by atoms with Gasteiger partial charge in [0.15, 0.2) is 0 Å². The maximum Gasteiger partial charge on any atom is 0.271 e. The van der Waals surface area contributed by atoms with E-state index in [1.54, 1.807) is 42.5 Å². The maximum absolute atomic E-state index is 12.2. The third-order valence-corrected chi connectivity index (χ3v) is 5.24. The van der Waals surface area contributed by atoms with Crippen LogP contribution in [0.5, 0.6) is 11.5 Å². The smallest absolute Gasteiger partial charge is 0.271 e. The van der Waals surface area contributed by atoms with Crippen LogP contribution in [0, 0.1) is 0 Å².